The Kier molecular flexibility index (Phi) is 5.38. The van der Waals surface area contributed by atoms with Gasteiger partial charge in [0.25, 0.3) is 5.91 Å². The lowest BCUT2D eigenvalue weighted by molar-refractivity contribution is -0.129. The standard InChI is InChI=1S/C19H19NO6/c1-12(18(21)20-10-13-6-5-9-24-13)25-19(22)17-15(11-23-2)14-7-3-4-8-16(14)26-17/h3-9,12H,10-11H2,1-2H3,(H,20,21)/t12-/m1/s1. The summed E-state index contributed by atoms with van der Waals surface area (Å²) in [5.74, 6) is -0.497. The van der Waals surface area contributed by atoms with Gasteiger partial charge in [-0.1, -0.05) is 18.2 Å². The molecule has 1 aromatic carbocycles. The van der Waals surface area contributed by atoms with E-state index in [0.717, 1.165) is 5.39 Å². The predicted molar refractivity (Wildman–Crippen MR) is 92.4 cm³/mol. The van der Waals surface area contributed by atoms with E-state index in [4.69, 9.17) is 18.3 Å². The lowest BCUT2D eigenvalue weighted by Crippen LogP contribution is -2.35. The number of fused-ring (bicyclic) bond motifs is 1. The fraction of sp³-hybridized carbons (Fsp3) is 0.263. The number of rotatable bonds is 7. The summed E-state index contributed by atoms with van der Waals surface area (Å²) >= 11 is 0. The first kappa shape index (κ1) is 17.8. The van der Waals surface area contributed by atoms with Crippen LogP contribution in [-0.4, -0.2) is 25.1 Å². The van der Waals surface area contributed by atoms with E-state index in [-0.39, 0.29) is 18.9 Å². The molecule has 0 unspecified atom stereocenters. The highest BCUT2D eigenvalue weighted by molar-refractivity contribution is 5.97. The smallest absolute Gasteiger partial charge is 0.375 e. The maximum absolute atomic E-state index is 12.5. The zero-order valence-electron chi connectivity index (χ0n) is 14.5. The van der Waals surface area contributed by atoms with Crippen molar-refractivity contribution in [1.29, 1.82) is 0 Å². The number of hydrogen-bond donors (Lipinski definition) is 1. The summed E-state index contributed by atoms with van der Waals surface area (Å²) in [5, 5.41) is 3.42. The zero-order chi connectivity index (χ0) is 18.5. The van der Waals surface area contributed by atoms with Crippen LogP contribution in [0.4, 0.5) is 0 Å². The van der Waals surface area contributed by atoms with Crippen molar-refractivity contribution in [3.05, 3.63) is 59.7 Å². The Morgan fingerprint density at radius 1 is 1.19 bits per heavy atom. The van der Waals surface area contributed by atoms with Gasteiger partial charge >= 0.3 is 5.97 Å². The van der Waals surface area contributed by atoms with Gasteiger partial charge in [0.2, 0.25) is 5.76 Å². The van der Waals surface area contributed by atoms with E-state index in [1.54, 1.807) is 18.2 Å². The summed E-state index contributed by atoms with van der Waals surface area (Å²) in [6, 6.07) is 10.7. The van der Waals surface area contributed by atoms with Crippen LogP contribution in [0.2, 0.25) is 0 Å². The number of hydrogen-bond acceptors (Lipinski definition) is 6. The van der Waals surface area contributed by atoms with Crippen LogP contribution in [0.3, 0.4) is 0 Å². The Hall–Kier alpha value is -3.06. The molecule has 7 heteroatoms. The Bertz CT molecular complexity index is 896. The predicted octanol–water partition coefficient (Wildman–Crippen LogP) is 3.03. The Balaban J connectivity index is 1.69. The van der Waals surface area contributed by atoms with Gasteiger partial charge in [0.15, 0.2) is 6.10 Å². The molecule has 0 aliphatic rings. The third kappa shape index (κ3) is 3.78. The van der Waals surface area contributed by atoms with Gasteiger partial charge in [-0.15, -0.1) is 0 Å². The lowest BCUT2D eigenvalue weighted by Gasteiger charge is -2.12. The van der Waals surface area contributed by atoms with Crippen LogP contribution in [0, 0.1) is 0 Å². The van der Waals surface area contributed by atoms with Crippen molar-refractivity contribution in [3.63, 3.8) is 0 Å². The molecule has 0 fully saturated rings. The van der Waals surface area contributed by atoms with Crippen LogP contribution in [0.1, 0.15) is 28.8 Å². The topological polar surface area (TPSA) is 90.9 Å². The summed E-state index contributed by atoms with van der Waals surface area (Å²) in [6.45, 7) is 1.90. The maximum atomic E-state index is 12.5. The number of amides is 1. The van der Waals surface area contributed by atoms with Crippen molar-refractivity contribution >= 4 is 22.8 Å². The van der Waals surface area contributed by atoms with Crippen molar-refractivity contribution < 1.29 is 27.9 Å². The maximum Gasteiger partial charge on any atom is 0.375 e. The van der Waals surface area contributed by atoms with Crippen LogP contribution in [0.15, 0.2) is 51.5 Å². The molecule has 3 rings (SSSR count). The Morgan fingerprint density at radius 3 is 2.73 bits per heavy atom. The minimum atomic E-state index is -0.985. The number of nitrogens with one attached hydrogen (secondary N) is 1. The van der Waals surface area contributed by atoms with Crippen LogP contribution in [0.5, 0.6) is 0 Å². The highest BCUT2D eigenvalue weighted by atomic mass is 16.6. The normalized spacial score (nSPS) is 12.1. The summed E-state index contributed by atoms with van der Waals surface area (Å²) in [5.41, 5.74) is 1.15. The fourth-order valence-corrected chi connectivity index (χ4v) is 2.55. The van der Waals surface area contributed by atoms with Crippen LogP contribution >= 0.6 is 0 Å². The van der Waals surface area contributed by atoms with Gasteiger partial charge in [0, 0.05) is 18.1 Å². The summed E-state index contributed by atoms with van der Waals surface area (Å²) in [6.07, 6.45) is 0.533. The molecule has 7 nitrogen and oxygen atoms in total. The minimum Gasteiger partial charge on any atom is -0.467 e. The van der Waals surface area contributed by atoms with E-state index < -0.39 is 18.0 Å². The Labute approximate surface area is 149 Å². The molecule has 0 spiro atoms. The van der Waals surface area contributed by atoms with Crippen LogP contribution in [0.25, 0.3) is 11.0 Å². The summed E-state index contributed by atoms with van der Waals surface area (Å²) in [7, 11) is 1.53. The average molecular weight is 357 g/mol. The first-order chi connectivity index (χ1) is 12.6. The zero-order valence-corrected chi connectivity index (χ0v) is 14.5. The fourth-order valence-electron chi connectivity index (χ4n) is 2.55. The largest absolute Gasteiger partial charge is 0.467 e. The molecule has 2 heterocycles. The van der Waals surface area contributed by atoms with Gasteiger partial charge in [-0.05, 0) is 25.1 Å². The molecule has 26 heavy (non-hydrogen) atoms. The van der Waals surface area contributed by atoms with Gasteiger partial charge in [0.05, 0.1) is 19.4 Å². The van der Waals surface area contributed by atoms with Crippen molar-refractivity contribution in [1.82, 2.24) is 5.32 Å². The third-order valence-corrected chi connectivity index (χ3v) is 3.84. The van der Waals surface area contributed by atoms with E-state index in [2.05, 4.69) is 5.32 Å². The van der Waals surface area contributed by atoms with Crippen molar-refractivity contribution in [2.75, 3.05) is 7.11 Å². The van der Waals surface area contributed by atoms with E-state index in [1.165, 1.54) is 20.3 Å². The number of methoxy groups -OCH3 is 1. The molecule has 0 aliphatic carbocycles. The lowest BCUT2D eigenvalue weighted by atomic mass is 10.1. The second-order valence-corrected chi connectivity index (χ2v) is 5.68. The average Bonchev–Trinajstić information content (AvgIpc) is 3.28. The molecule has 136 valence electrons. The molecule has 1 atom stereocenters. The second kappa shape index (κ2) is 7.88. The minimum absolute atomic E-state index is 0.0405. The number of carbonyl (C=O) groups excluding carboxylic acids is 2. The third-order valence-electron chi connectivity index (χ3n) is 3.84. The van der Waals surface area contributed by atoms with Gasteiger partial charge in [0.1, 0.15) is 11.3 Å². The van der Waals surface area contributed by atoms with Crippen LogP contribution in [-0.2, 0) is 27.4 Å². The first-order valence-electron chi connectivity index (χ1n) is 8.10. The number of ether oxygens (including phenoxy) is 2. The quantitative estimate of drug-likeness (QED) is 0.654. The Morgan fingerprint density at radius 2 is 2.00 bits per heavy atom. The van der Waals surface area contributed by atoms with E-state index in [1.807, 2.05) is 18.2 Å². The van der Waals surface area contributed by atoms with Crippen LogP contribution < -0.4 is 5.32 Å². The molecule has 2 aromatic heterocycles. The van der Waals surface area contributed by atoms with Crippen molar-refractivity contribution in [3.8, 4) is 0 Å². The SMILES string of the molecule is COCc1c(C(=O)O[C@H](C)C(=O)NCc2ccco2)oc2ccccc12. The summed E-state index contributed by atoms with van der Waals surface area (Å²) in [4.78, 5) is 24.6. The van der Waals surface area contributed by atoms with Gasteiger partial charge in [-0.2, -0.15) is 0 Å². The molecule has 0 saturated heterocycles. The molecule has 0 radical (unpaired) electrons. The van der Waals surface area contributed by atoms with Gasteiger partial charge in [-0.3, -0.25) is 4.79 Å². The summed E-state index contributed by atoms with van der Waals surface area (Å²) < 4.78 is 21.2. The molecule has 0 saturated carbocycles. The molecule has 0 aliphatic heterocycles. The molecular formula is C19H19NO6. The highest BCUT2D eigenvalue weighted by Crippen LogP contribution is 2.27. The molecule has 0 bridgehead atoms. The van der Waals surface area contributed by atoms with Gasteiger partial charge < -0.3 is 23.6 Å². The second-order valence-electron chi connectivity index (χ2n) is 5.68. The monoisotopic (exact) mass is 357 g/mol. The number of esters is 1. The number of carbonyl (C=O) groups is 2. The molecule has 1 amide bonds. The molecule has 1 N–H and O–H groups in total. The van der Waals surface area contributed by atoms with E-state index in [9.17, 15) is 9.59 Å². The number of para-hydroxylation sites is 1. The highest BCUT2D eigenvalue weighted by Gasteiger charge is 2.25. The number of furan rings is 2. The van der Waals surface area contributed by atoms with Crippen molar-refractivity contribution in [2.24, 2.45) is 0 Å². The molecular weight excluding hydrogens is 338 g/mol. The number of benzene rings is 1. The van der Waals surface area contributed by atoms with E-state index >= 15 is 0 Å². The first-order valence-corrected chi connectivity index (χ1v) is 8.10. The van der Waals surface area contributed by atoms with Gasteiger partial charge in [-0.25, -0.2) is 4.79 Å². The molecule has 3 aromatic rings. The van der Waals surface area contributed by atoms with E-state index in [0.29, 0.717) is 16.9 Å². The van der Waals surface area contributed by atoms with Crippen molar-refractivity contribution in [2.45, 2.75) is 26.2 Å².